The lowest BCUT2D eigenvalue weighted by molar-refractivity contribution is -0.152. The van der Waals surface area contributed by atoms with Crippen molar-refractivity contribution in [3.63, 3.8) is 0 Å². The van der Waals surface area contributed by atoms with E-state index in [-0.39, 0.29) is 11.8 Å². The Kier molecular flexibility index (Phi) is 5.18. The van der Waals surface area contributed by atoms with Crippen LogP contribution in [0.4, 0.5) is 0 Å². The number of carbonyl (C=O) groups is 2. The third kappa shape index (κ3) is 3.67. The highest BCUT2D eigenvalue weighted by Gasteiger charge is 2.42. The van der Waals surface area contributed by atoms with Gasteiger partial charge < -0.3 is 14.9 Å². The van der Waals surface area contributed by atoms with E-state index in [9.17, 15) is 14.7 Å². The molecule has 0 unspecified atom stereocenters. The van der Waals surface area contributed by atoms with Crippen molar-refractivity contribution in [2.24, 2.45) is 0 Å². The fraction of sp³-hybridized carbons (Fsp3) is 0.391. The average Bonchev–Trinajstić information content (AvgIpc) is 3.21. The molecule has 1 N–H and O–H groups in total. The van der Waals surface area contributed by atoms with Gasteiger partial charge >= 0.3 is 0 Å². The molecule has 0 aromatic heterocycles. The van der Waals surface area contributed by atoms with E-state index in [4.69, 9.17) is 0 Å². The lowest BCUT2D eigenvalue weighted by Crippen LogP contribution is -2.56. The molecule has 5 nitrogen and oxygen atoms in total. The molecular weight excluding hydrogens is 352 g/mol. The number of piperazine rings is 1. The van der Waals surface area contributed by atoms with Gasteiger partial charge in [-0.2, -0.15) is 0 Å². The monoisotopic (exact) mass is 378 g/mol. The number of amides is 2. The summed E-state index contributed by atoms with van der Waals surface area (Å²) in [6.07, 6.45) is 2.91. The van der Waals surface area contributed by atoms with Gasteiger partial charge in [-0.05, 0) is 48.9 Å². The van der Waals surface area contributed by atoms with Crippen LogP contribution >= 0.6 is 0 Å². The Bertz CT molecular complexity index is 834. The summed E-state index contributed by atoms with van der Waals surface area (Å²) in [5.74, 6) is -0.171. The molecule has 1 aliphatic heterocycles. The van der Waals surface area contributed by atoms with Gasteiger partial charge in [0.2, 0.25) is 0 Å². The Labute approximate surface area is 165 Å². The second kappa shape index (κ2) is 7.76. The van der Waals surface area contributed by atoms with Crippen LogP contribution in [0.2, 0.25) is 0 Å². The van der Waals surface area contributed by atoms with Crippen molar-refractivity contribution < 1.29 is 14.7 Å². The molecule has 2 aromatic carbocycles. The standard InChI is InChI=1S/C23H26N2O3/c26-21(20-10-8-19(9-11-20)18-6-2-1-3-7-18)24-14-16-25(17-15-24)22(27)23(28)12-4-5-13-23/h1-3,6-11,28H,4-5,12-17H2. The molecule has 28 heavy (non-hydrogen) atoms. The maximum absolute atomic E-state index is 12.8. The Balaban J connectivity index is 1.37. The second-order valence-electron chi connectivity index (χ2n) is 7.77. The van der Waals surface area contributed by atoms with Crippen molar-refractivity contribution >= 4 is 11.8 Å². The normalized spacial score (nSPS) is 18.9. The molecule has 2 aliphatic rings. The average molecular weight is 378 g/mol. The first-order valence-electron chi connectivity index (χ1n) is 10.0. The molecule has 146 valence electrons. The van der Waals surface area contributed by atoms with Crippen molar-refractivity contribution in [3.8, 4) is 11.1 Å². The molecule has 1 saturated heterocycles. The number of benzene rings is 2. The van der Waals surface area contributed by atoms with E-state index in [1.54, 1.807) is 9.80 Å². The summed E-state index contributed by atoms with van der Waals surface area (Å²) in [6, 6.07) is 17.7. The van der Waals surface area contributed by atoms with Gasteiger partial charge in [0.25, 0.3) is 11.8 Å². The van der Waals surface area contributed by atoms with Gasteiger partial charge in [0.05, 0.1) is 0 Å². The highest BCUT2D eigenvalue weighted by atomic mass is 16.3. The largest absolute Gasteiger partial charge is 0.380 e. The Morgan fingerprint density at radius 2 is 1.29 bits per heavy atom. The molecule has 5 heteroatoms. The van der Waals surface area contributed by atoms with Gasteiger partial charge in [-0.15, -0.1) is 0 Å². The van der Waals surface area contributed by atoms with Crippen LogP contribution in [-0.4, -0.2) is 58.5 Å². The number of carbonyl (C=O) groups excluding carboxylic acids is 2. The van der Waals surface area contributed by atoms with E-state index in [2.05, 4.69) is 0 Å². The lowest BCUT2D eigenvalue weighted by Gasteiger charge is -2.38. The summed E-state index contributed by atoms with van der Waals surface area (Å²) < 4.78 is 0. The molecule has 1 heterocycles. The maximum atomic E-state index is 12.8. The molecule has 1 saturated carbocycles. The zero-order chi connectivity index (χ0) is 19.6. The van der Waals surface area contributed by atoms with Crippen LogP contribution in [0.3, 0.4) is 0 Å². The number of aliphatic hydroxyl groups is 1. The molecule has 2 fully saturated rings. The quantitative estimate of drug-likeness (QED) is 0.893. The van der Waals surface area contributed by atoms with Gasteiger partial charge in [0.15, 0.2) is 0 Å². The van der Waals surface area contributed by atoms with Crippen LogP contribution in [0.5, 0.6) is 0 Å². The SMILES string of the molecule is O=C(c1ccc(-c2ccccc2)cc1)N1CCN(C(=O)C2(O)CCCC2)CC1. The van der Waals surface area contributed by atoms with Crippen LogP contribution < -0.4 is 0 Å². The van der Waals surface area contributed by atoms with E-state index >= 15 is 0 Å². The minimum Gasteiger partial charge on any atom is -0.380 e. The van der Waals surface area contributed by atoms with E-state index in [1.165, 1.54) is 0 Å². The molecular formula is C23H26N2O3. The molecule has 0 radical (unpaired) electrons. The van der Waals surface area contributed by atoms with E-state index in [1.807, 2.05) is 54.6 Å². The zero-order valence-electron chi connectivity index (χ0n) is 16.0. The Morgan fingerprint density at radius 3 is 1.89 bits per heavy atom. The smallest absolute Gasteiger partial charge is 0.254 e. The molecule has 0 bridgehead atoms. The highest BCUT2D eigenvalue weighted by Crippen LogP contribution is 2.31. The lowest BCUT2D eigenvalue weighted by atomic mass is 10.00. The topological polar surface area (TPSA) is 60.9 Å². The first kappa shape index (κ1) is 18.7. The molecule has 0 spiro atoms. The molecule has 2 aromatic rings. The fourth-order valence-electron chi connectivity index (χ4n) is 4.20. The number of hydrogen-bond acceptors (Lipinski definition) is 3. The number of hydrogen-bond donors (Lipinski definition) is 1. The van der Waals surface area contributed by atoms with Gasteiger partial charge in [-0.1, -0.05) is 42.5 Å². The summed E-state index contributed by atoms with van der Waals surface area (Å²) in [6.45, 7) is 1.96. The number of rotatable bonds is 3. The van der Waals surface area contributed by atoms with Gasteiger partial charge in [0.1, 0.15) is 5.60 Å². The molecule has 4 rings (SSSR count). The van der Waals surface area contributed by atoms with Crippen molar-refractivity contribution in [2.75, 3.05) is 26.2 Å². The van der Waals surface area contributed by atoms with E-state index < -0.39 is 5.60 Å². The number of nitrogens with zero attached hydrogens (tertiary/aromatic N) is 2. The fourth-order valence-corrected chi connectivity index (χ4v) is 4.20. The van der Waals surface area contributed by atoms with Gasteiger partial charge in [-0.25, -0.2) is 0 Å². The third-order valence-corrected chi connectivity index (χ3v) is 5.92. The van der Waals surface area contributed by atoms with Crippen molar-refractivity contribution in [2.45, 2.75) is 31.3 Å². The summed E-state index contributed by atoms with van der Waals surface area (Å²) in [4.78, 5) is 28.9. The van der Waals surface area contributed by atoms with E-state index in [0.717, 1.165) is 24.0 Å². The van der Waals surface area contributed by atoms with Crippen molar-refractivity contribution in [1.82, 2.24) is 9.80 Å². The summed E-state index contributed by atoms with van der Waals surface area (Å²) in [5, 5.41) is 10.5. The van der Waals surface area contributed by atoms with Crippen molar-refractivity contribution in [3.05, 3.63) is 60.2 Å². The van der Waals surface area contributed by atoms with Crippen LogP contribution in [0.15, 0.2) is 54.6 Å². The predicted molar refractivity (Wildman–Crippen MR) is 108 cm³/mol. The first-order chi connectivity index (χ1) is 13.6. The minimum absolute atomic E-state index is 0.00807. The minimum atomic E-state index is -1.18. The predicted octanol–water partition coefficient (Wildman–Crippen LogP) is 2.94. The van der Waals surface area contributed by atoms with Gasteiger partial charge in [0, 0.05) is 31.7 Å². The van der Waals surface area contributed by atoms with Crippen molar-refractivity contribution in [1.29, 1.82) is 0 Å². The van der Waals surface area contributed by atoms with E-state index in [0.29, 0.717) is 44.6 Å². The van der Waals surface area contributed by atoms with Crippen LogP contribution in [0.1, 0.15) is 36.0 Å². The Hall–Kier alpha value is -2.66. The van der Waals surface area contributed by atoms with Gasteiger partial charge in [-0.3, -0.25) is 9.59 Å². The second-order valence-corrected chi connectivity index (χ2v) is 7.77. The summed E-state index contributed by atoms with van der Waals surface area (Å²) in [5.41, 5.74) is 1.68. The molecule has 1 aliphatic carbocycles. The van der Waals surface area contributed by atoms with Crippen LogP contribution in [0.25, 0.3) is 11.1 Å². The Morgan fingerprint density at radius 1 is 0.750 bits per heavy atom. The van der Waals surface area contributed by atoms with Crippen LogP contribution in [-0.2, 0) is 4.79 Å². The zero-order valence-corrected chi connectivity index (χ0v) is 16.0. The first-order valence-corrected chi connectivity index (χ1v) is 10.0. The summed E-state index contributed by atoms with van der Waals surface area (Å²) >= 11 is 0. The highest BCUT2D eigenvalue weighted by molar-refractivity contribution is 5.95. The van der Waals surface area contributed by atoms with Crippen LogP contribution in [0, 0.1) is 0 Å². The molecule has 2 amide bonds. The maximum Gasteiger partial charge on any atom is 0.254 e. The molecule has 0 atom stereocenters. The summed E-state index contributed by atoms with van der Waals surface area (Å²) in [7, 11) is 0. The third-order valence-electron chi connectivity index (χ3n) is 5.92.